The monoisotopic (exact) mass is 272 g/mol. The number of amides is 1. The molecule has 1 amide bonds. The lowest BCUT2D eigenvalue weighted by Crippen LogP contribution is -2.41. The summed E-state index contributed by atoms with van der Waals surface area (Å²) in [7, 11) is 0. The van der Waals surface area contributed by atoms with Gasteiger partial charge >= 0.3 is 5.97 Å². The molecule has 3 N–H and O–H groups in total. The first-order valence-electron chi connectivity index (χ1n) is 7.08. The van der Waals surface area contributed by atoms with E-state index in [1.165, 1.54) is 0 Å². The molecule has 0 spiro atoms. The first kappa shape index (κ1) is 17.9. The molecular weight excluding hydrogens is 244 g/mol. The lowest BCUT2D eigenvalue weighted by molar-refractivity contribution is -0.142. The van der Waals surface area contributed by atoms with E-state index in [2.05, 4.69) is 24.5 Å². The Hall–Kier alpha value is -1.10. The van der Waals surface area contributed by atoms with E-state index in [4.69, 9.17) is 5.11 Å². The van der Waals surface area contributed by atoms with Crippen molar-refractivity contribution in [3.8, 4) is 0 Å². The molecule has 19 heavy (non-hydrogen) atoms. The van der Waals surface area contributed by atoms with Crippen molar-refractivity contribution in [3.63, 3.8) is 0 Å². The van der Waals surface area contributed by atoms with Gasteiger partial charge in [-0.2, -0.15) is 0 Å². The van der Waals surface area contributed by atoms with Crippen LogP contribution in [0.5, 0.6) is 0 Å². The number of aliphatic carboxylic acids is 1. The standard InChI is InChI=1S/C14H28N2O3/c1-10(2)9-13(17)16-12(14(18)19)7-5-6-8-15-11(3)4/h10-12,15H,5-9H2,1-4H3,(H,16,17)(H,18,19). The number of rotatable bonds is 10. The summed E-state index contributed by atoms with van der Waals surface area (Å²) in [6, 6.07) is -0.314. The van der Waals surface area contributed by atoms with Gasteiger partial charge in [-0.15, -0.1) is 0 Å². The van der Waals surface area contributed by atoms with Crippen molar-refractivity contribution in [1.29, 1.82) is 0 Å². The molecule has 1 atom stereocenters. The zero-order valence-corrected chi connectivity index (χ0v) is 12.5. The summed E-state index contributed by atoms with van der Waals surface area (Å²) in [6.45, 7) is 8.90. The van der Waals surface area contributed by atoms with Crippen LogP contribution in [0.15, 0.2) is 0 Å². The topological polar surface area (TPSA) is 78.4 Å². The summed E-state index contributed by atoms with van der Waals surface area (Å²) in [5, 5.41) is 14.9. The van der Waals surface area contributed by atoms with Crippen LogP contribution < -0.4 is 10.6 Å². The Kier molecular flexibility index (Phi) is 9.21. The van der Waals surface area contributed by atoms with E-state index in [1.54, 1.807) is 0 Å². The Morgan fingerprint density at radius 2 is 1.74 bits per heavy atom. The molecule has 0 radical (unpaired) electrons. The lowest BCUT2D eigenvalue weighted by Gasteiger charge is -2.15. The molecule has 0 aromatic carbocycles. The number of unbranched alkanes of at least 4 members (excludes halogenated alkanes) is 1. The number of carboxylic acids is 1. The van der Waals surface area contributed by atoms with Crippen molar-refractivity contribution in [2.75, 3.05) is 6.54 Å². The third-order valence-corrected chi connectivity index (χ3v) is 2.70. The summed E-state index contributed by atoms with van der Waals surface area (Å²) in [5.41, 5.74) is 0. The number of carbonyl (C=O) groups is 2. The largest absolute Gasteiger partial charge is 0.480 e. The molecule has 0 bridgehead atoms. The highest BCUT2D eigenvalue weighted by Crippen LogP contribution is 2.04. The first-order chi connectivity index (χ1) is 8.82. The van der Waals surface area contributed by atoms with Crippen LogP contribution in [0.1, 0.15) is 53.4 Å². The van der Waals surface area contributed by atoms with Gasteiger partial charge in [-0.1, -0.05) is 27.7 Å². The molecular formula is C14H28N2O3. The molecule has 0 rings (SSSR count). The molecule has 0 saturated heterocycles. The van der Waals surface area contributed by atoms with E-state index in [0.717, 1.165) is 19.4 Å². The van der Waals surface area contributed by atoms with Gasteiger partial charge in [0.05, 0.1) is 0 Å². The van der Waals surface area contributed by atoms with Crippen LogP contribution in [0.4, 0.5) is 0 Å². The van der Waals surface area contributed by atoms with Gasteiger partial charge in [-0.3, -0.25) is 4.79 Å². The van der Waals surface area contributed by atoms with Crippen molar-refractivity contribution >= 4 is 11.9 Å². The Bertz CT molecular complexity index is 278. The van der Waals surface area contributed by atoms with Gasteiger partial charge in [-0.05, 0) is 31.7 Å². The van der Waals surface area contributed by atoms with Gasteiger partial charge in [0.25, 0.3) is 0 Å². The quantitative estimate of drug-likeness (QED) is 0.530. The maximum Gasteiger partial charge on any atom is 0.326 e. The Morgan fingerprint density at radius 3 is 2.21 bits per heavy atom. The molecule has 5 heteroatoms. The third kappa shape index (κ3) is 10.5. The Labute approximate surface area is 116 Å². The molecule has 0 aliphatic carbocycles. The number of hydrogen-bond acceptors (Lipinski definition) is 3. The Balaban J connectivity index is 3.93. The number of carbonyl (C=O) groups excluding carboxylic acids is 1. The molecule has 0 aliphatic heterocycles. The maximum atomic E-state index is 11.6. The number of hydrogen-bond donors (Lipinski definition) is 3. The molecule has 5 nitrogen and oxygen atoms in total. The van der Waals surface area contributed by atoms with E-state index in [-0.39, 0.29) is 11.8 Å². The van der Waals surface area contributed by atoms with Gasteiger partial charge in [0.1, 0.15) is 6.04 Å². The lowest BCUT2D eigenvalue weighted by atomic mass is 10.1. The van der Waals surface area contributed by atoms with E-state index >= 15 is 0 Å². The molecule has 0 heterocycles. The highest BCUT2D eigenvalue weighted by Gasteiger charge is 2.19. The first-order valence-corrected chi connectivity index (χ1v) is 7.08. The van der Waals surface area contributed by atoms with Crippen LogP contribution in [-0.2, 0) is 9.59 Å². The predicted octanol–water partition coefficient (Wildman–Crippen LogP) is 1.77. The van der Waals surface area contributed by atoms with Crippen LogP contribution in [0.2, 0.25) is 0 Å². The summed E-state index contributed by atoms with van der Waals surface area (Å²) in [5.74, 6) is -0.888. The maximum absolute atomic E-state index is 11.6. The van der Waals surface area contributed by atoms with Gasteiger partial charge in [0.15, 0.2) is 0 Å². The van der Waals surface area contributed by atoms with Crippen LogP contribution in [-0.4, -0.2) is 35.6 Å². The summed E-state index contributed by atoms with van der Waals surface area (Å²) >= 11 is 0. The van der Waals surface area contributed by atoms with E-state index in [0.29, 0.717) is 18.9 Å². The minimum atomic E-state index is -0.950. The minimum Gasteiger partial charge on any atom is -0.480 e. The van der Waals surface area contributed by atoms with Crippen molar-refractivity contribution in [1.82, 2.24) is 10.6 Å². The molecule has 0 saturated carbocycles. The van der Waals surface area contributed by atoms with Crippen LogP contribution in [0.25, 0.3) is 0 Å². The zero-order valence-electron chi connectivity index (χ0n) is 12.5. The van der Waals surface area contributed by atoms with Gasteiger partial charge < -0.3 is 15.7 Å². The summed E-state index contributed by atoms with van der Waals surface area (Å²) in [6.07, 6.45) is 2.57. The van der Waals surface area contributed by atoms with Crippen LogP contribution in [0.3, 0.4) is 0 Å². The molecule has 1 unspecified atom stereocenters. The van der Waals surface area contributed by atoms with Crippen LogP contribution in [0, 0.1) is 5.92 Å². The number of nitrogens with one attached hydrogen (secondary N) is 2. The second kappa shape index (κ2) is 9.78. The third-order valence-electron chi connectivity index (χ3n) is 2.70. The molecule has 0 aromatic heterocycles. The average Bonchev–Trinajstić information content (AvgIpc) is 2.25. The van der Waals surface area contributed by atoms with Crippen LogP contribution >= 0.6 is 0 Å². The van der Waals surface area contributed by atoms with Crippen molar-refractivity contribution in [2.45, 2.75) is 65.5 Å². The molecule has 0 aromatic rings. The van der Waals surface area contributed by atoms with Crippen molar-refractivity contribution < 1.29 is 14.7 Å². The van der Waals surface area contributed by atoms with Gasteiger partial charge in [0.2, 0.25) is 5.91 Å². The second-order valence-corrected chi connectivity index (χ2v) is 5.66. The zero-order chi connectivity index (χ0) is 14.8. The van der Waals surface area contributed by atoms with Crippen molar-refractivity contribution in [3.05, 3.63) is 0 Å². The normalized spacial score (nSPS) is 12.7. The predicted molar refractivity (Wildman–Crippen MR) is 76.0 cm³/mol. The molecule has 112 valence electrons. The fourth-order valence-electron chi connectivity index (χ4n) is 1.75. The van der Waals surface area contributed by atoms with E-state index < -0.39 is 12.0 Å². The smallest absolute Gasteiger partial charge is 0.326 e. The van der Waals surface area contributed by atoms with Gasteiger partial charge in [0, 0.05) is 12.5 Å². The highest BCUT2D eigenvalue weighted by molar-refractivity contribution is 5.83. The fourth-order valence-corrected chi connectivity index (χ4v) is 1.75. The van der Waals surface area contributed by atoms with Gasteiger partial charge in [-0.25, -0.2) is 4.79 Å². The average molecular weight is 272 g/mol. The number of carboxylic acid groups (broad SMARTS) is 1. The van der Waals surface area contributed by atoms with E-state index in [9.17, 15) is 9.59 Å². The van der Waals surface area contributed by atoms with Crippen molar-refractivity contribution in [2.24, 2.45) is 5.92 Å². The minimum absolute atomic E-state index is 0.178. The molecule has 0 aliphatic rings. The SMILES string of the molecule is CC(C)CC(=O)NC(CCCCNC(C)C)C(=O)O. The fraction of sp³-hybridized carbons (Fsp3) is 0.857. The Morgan fingerprint density at radius 1 is 1.11 bits per heavy atom. The highest BCUT2D eigenvalue weighted by atomic mass is 16.4. The summed E-state index contributed by atoms with van der Waals surface area (Å²) < 4.78 is 0. The second-order valence-electron chi connectivity index (χ2n) is 5.66. The summed E-state index contributed by atoms with van der Waals surface area (Å²) in [4.78, 5) is 22.6. The van der Waals surface area contributed by atoms with E-state index in [1.807, 2.05) is 13.8 Å². The molecule has 0 fully saturated rings.